The fourth-order valence-electron chi connectivity index (χ4n) is 3.19. The average molecular weight is 489 g/mol. The molecule has 27 heavy (non-hydrogen) atoms. The third-order valence-corrected chi connectivity index (χ3v) is 4.56. The quantitative estimate of drug-likeness (QED) is 0.331. The van der Waals surface area contributed by atoms with Crippen LogP contribution in [0.2, 0.25) is 0 Å². The molecule has 0 spiro atoms. The first kappa shape index (κ1) is 21.9. The largest absolute Gasteiger partial charge is 0.374 e. The van der Waals surface area contributed by atoms with E-state index in [2.05, 4.69) is 39.5 Å². The zero-order valence-electron chi connectivity index (χ0n) is 15.9. The van der Waals surface area contributed by atoms with Gasteiger partial charge in [-0.25, -0.2) is 4.39 Å². The number of benzene rings is 1. The van der Waals surface area contributed by atoms with Crippen molar-refractivity contribution in [2.24, 2.45) is 4.99 Å². The van der Waals surface area contributed by atoms with Gasteiger partial charge < -0.3 is 25.3 Å². The van der Waals surface area contributed by atoms with Gasteiger partial charge in [0.25, 0.3) is 0 Å². The van der Waals surface area contributed by atoms with Crippen molar-refractivity contribution < 1.29 is 9.13 Å². The van der Waals surface area contributed by atoms with Crippen LogP contribution in [-0.4, -0.2) is 68.3 Å². The number of rotatable bonds is 6. The van der Waals surface area contributed by atoms with Gasteiger partial charge in [0.1, 0.15) is 5.82 Å². The summed E-state index contributed by atoms with van der Waals surface area (Å²) in [6.07, 6.45) is 2.92. The molecule has 8 heteroatoms. The number of likely N-dealkylation sites (N-methyl/N-ethyl adjacent to an activating group) is 1. The first-order valence-corrected chi connectivity index (χ1v) is 9.23. The standard InChI is InChI=1S/C19H28FN5O.HI/c1-3-21-19(24-12-16-13-25(2)8-9-26-16)22-7-6-14-11-23-18-10-15(20)4-5-17(14)18;/h4-5,10-11,16,23H,3,6-9,12-13H2,1-2H3,(H2,21,22,24);1H. The highest BCUT2D eigenvalue weighted by Crippen LogP contribution is 2.19. The number of hydrogen-bond donors (Lipinski definition) is 3. The normalized spacial score (nSPS) is 18.3. The first-order chi connectivity index (χ1) is 12.7. The van der Waals surface area contributed by atoms with Crippen LogP contribution in [0.25, 0.3) is 10.9 Å². The van der Waals surface area contributed by atoms with E-state index in [0.29, 0.717) is 6.54 Å². The second-order valence-corrected chi connectivity index (χ2v) is 6.66. The summed E-state index contributed by atoms with van der Waals surface area (Å²) in [4.78, 5) is 10.0. The lowest BCUT2D eigenvalue weighted by Crippen LogP contribution is -2.43. The number of fused-ring (bicyclic) bond motifs is 1. The molecule has 1 aromatic heterocycles. The molecular weight excluding hydrogens is 460 g/mol. The Labute approximate surface area is 177 Å². The Morgan fingerprint density at radius 3 is 3.04 bits per heavy atom. The van der Waals surface area contributed by atoms with Crippen LogP contribution in [0.3, 0.4) is 0 Å². The van der Waals surface area contributed by atoms with Crippen LogP contribution in [0.5, 0.6) is 0 Å². The van der Waals surface area contributed by atoms with E-state index in [-0.39, 0.29) is 35.9 Å². The highest BCUT2D eigenvalue weighted by atomic mass is 127. The van der Waals surface area contributed by atoms with Crippen molar-refractivity contribution in [1.29, 1.82) is 0 Å². The topological polar surface area (TPSA) is 64.7 Å². The summed E-state index contributed by atoms with van der Waals surface area (Å²) in [7, 11) is 2.11. The molecule has 3 rings (SSSR count). The molecular formula is C19H29FIN5O. The minimum absolute atomic E-state index is 0. The Morgan fingerprint density at radius 2 is 2.26 bits per heavy atom. The molecule has 1 saturated heterocycles. The van der Waals surface area contributed by atoms with E-state index < -0.39 is 0 Å². The van der Waals surface area contributed by atoms with Gasteiger partial charge in [0, 0.05) is 43.3 Å². The van der Waals surface area contributed by atoms with Crippen LogP contribution >= 0.6 is 24.0 Å². The summed E-state index contributed by atoms with van der Waals surface area (Å²) in [5, 5.41) is 7.70. The molecule has 0 aliphatic carbocycles. The molecule has 0 amide bonds. The van der Waals surface area contributed by atoms with Crippen LogP contribution in [0.4, 0.5) is 4.39 Å². The monoisotopic (exact) mass is 489 g/mol. The van der Waals surface area contributed by atoms with Gasteiger partial charge in [-0.2, -0.15) is 0 Å². The molecule has 1 aliphatic heterocycles. The van der Waals surface area contributed by atoms with Gasteiger partial charge in [0.15, 0.2) is 5.96 Å². The number of H-pyrrole nitrogens is 1. The minimum atomic E-state index is -0.221. The van der Waals surface area contributed by atoms with Crippen molar-refractivity contribution in [1.82, 2.24) is 20.5 Å². The summed E-state index contributed by atoms with van der Waals surface area (Å²) >= 11 is 0. The number of aliphatic imine (C=N–C) groups is 1. The van der Waals surface area contributed by atoms with E-state index in [4.69, 9.17) is 4.74 Å². The molecule has 6 nitrogen and oxygen atoms in total. The van der Waals surface area contributed by atoms with Crippen molar-refractivity contribution in [3.63, 3.8) is 0 Å². The van der Waals surface area contributed by atoms with Crippen LogP contribution in [-0.2, 0) is 11.2 Å². The van der Waals surface area contributed by atoms with Crippen molar-refractivity contribution in [3.05, 3.63) is 35.8 Å². The van der Waals surface area contributed by atoms with E-state index in [0.717, 1.165) is 56.1 Å². The van der Waals surface area contributed by atoms with E-state index in [1.54, 1.807) is 0 Å². The Bertz CT molecular complexity index is 751. The van der Waals surface area contributed by atoms with E-state index in [9.17, 15) is 4.39 Å². The minimum Gasteiger partial charge on any atom is -0.374 e. The average Bonchev–Trinajstić information content (AvgIpc) is 3.02. The summed E-state index contributed by atoms with van der Waals surface area (Å²) in [5.41, 5.74) is 2.00. The predicted octanol–water partition coefficient (Wildman–Crippen LogP) is 2.35. The third-order valence-electron chi connectivity index (χ3n) is 4.56. The Balaban J connectivity index is 0.00000261. The molecule has 1 unspecified atom stereocenters. The van der Waals surface area contributed by atoms with Gasteiger partial charge in [-0.1, -0.05) is 0 Å². The number of guanidine groups is 1. The molecule has 0 radical (unpaired) electrons. The number of nitrogens with one attached hydrogen (secondary N) is 3. The SMILES string of the molecule is CCNC(=NCC1CN(C)CCO1)NCCc1c[nH]c2cc(F)ccc12.I. The van der Waals surface area contributed by atoms with Gasteiger partial charge in [0.2, 0.25) is 0 Å². The summed E-state index contributed by atoms with van der Waals surface area (Å²) in [5.74, 6) is 0.580. The lowest BCUT2D eigenvalue weighted by molar-refractivity contribution is -0.0136. The van der Waals surface area contributed by atoms with Crippen LogP contribution in [0.15, 0.2) is 29.4 Å². The van der Waals surface area contributed by atoms with Crippen molar-refractivity contribution in [2.45, 2.75) is 19.4 Å². The van der Waals surface area contributed by atoms with Crippen molar-refractivity contribution in [2.75, 3.05) is 46.4 Å². The van der Waals surface area contributed by atoms with E-state index in [1.165, 1.54) is 17.7 Å². The Kier molecular flexibility index (Phi) is 8.78. The van der Waals surface area contributed by atoms with Gasteiger partial charge in [-0.05, 0) is 44.2 Å². The van der Waals surface area contributed by atoms with Gasteiger partial charge >= 0.3 is 0 Å². The molecule has 1 atom stereocenters. The van der Waals surface area contributed by atoms with E-state index >= 15 is 0 Å². The second kappa shape index (κ2) is 10.8. The zero-order chi connectivity index (χ0) is 18.4. The van der Waals surface area contributed by atoms with Crippen LogP contribution in [0, 0.1) is 5.82 Å². The summed E-state index contributed by atoms with van der Waals surface area (Å²) in [6, 6.07) is 4.85. The fourth-order valence-corrected chi connectivity index (χ4v) is 3.19. The van der Waals surface area contributed by atoms with Crippen LogP contribution < -0.4 is 10.6 Å². The number of hydrogen-bond acceptors (Lipinski definition) is 3. The lowest BCUT2D eigenvalue weighted by Gasteiger charge is -2.29. The van der Waals surface area contributed by atoms with Crippen molar-refractivity contribution >= 4 is 40.8 Å². The maximum absolute atomic E-state index is 13.3. The predicted molar refractivity (Wildman–Crippen MR) is 119 cm³/mol. The highest BCUT2D eigenvalue weighted by Gasteiger charge is 2.17. The molecule has 0 saturated carbocycles. The summed E-state index contributed by atoms with van der Waals surface area (Å²) in [6.45, 7) is 6.91. The molecule has 1 aromatic carbocycles. The molecule has 2 aromatic rings. The number of halogens is 2. The lowest BCUT2D eigenvalue weighted by atomic mass is 10.1. The smallest absolute Gasteiger partial charge is 0.191 e. The van der Waals surface area contributed by atoms with Crippen LogP contribution in [0.1, 0.15) is 12.5 Å². The first-order valence-electron chi connectivity index (χ1n) is 9.23. The fraction of sp³-hybridized carbons (Fsp3) is 0.526. The van der Waals surface area contributed by atoms with Gasteiger partial charge in [0.05, 0.1) is 19.3 Å². The molecule has 150 valence electrons. The summed E-state index contributed by atoms with van der Waals surface area (Å²) < 4.78 is 19.0. The molecule has 1 aliphatic rings. The number of aromatic amines is 1. The Morgan fingerprint density at radius 1 is 1.41 bits per heavy atom. The maximum atomic E-state index is 13.3. The maximum Gasteiger partial charge on any atom is 0.191 e. The molecule has 3 N–H and O–H groups in total. The van der Waals surface area contributed by atoms with Crippen molar-refractivity contribution in [3.8, 4) is 0 Å². The van der Waals surface area contributed by atoms with E-state index in [1.807, 2.05) is 12.3 Å². The number of morpholine rings is 1. The second-order valence-electron chi connectivity index (χ2n) is 6.66. The third kappa shape index (κ3) is 6.32. The number of aromatic nitrogens is 1. The zero-order valence-corrected chi connectivity index (χ0v) is 18.3. The Hall–Kier alpha value is -1.39. The van der Waals surface area contributed by atoms with Gasteiger partial charge in [-0.3, -0.25) is 4.99 Å². The molecule has 0 bridgehead atoms. The molecule has 2 heterocycles. The number of nitrogens with zero attached hydrogens (tertiary/aromatic N) is 2. The highest BCUT2D eigenvalue weighted by molar-refractivity contribution is 14.0. The molecule has 1 fully saturated rings. The van der Waals surface area contributed by atoms with Gasteiger partial charge in [-0.15, -0.1) is 24.0 Å². The number of ether oxygens (including phenoxy) is 1.